The largest absolute Gasteiger partial charge is 0.378 e. The lowest BCUT2D eigenvalue weighted by Gasteiger charge is -2.33. The molecule has 0 aliphatic carbocycles. The summed E-state index contributed by atoms with van der Waals surface area (Å²) in [5.41, 5.74) is 0. The Balaban J connectivity index is 1.42. The van der Waals surface area contributed by atoms with E-state index in [0.29, 0.717) is 18.1 Å². The third-order valence-electron chi connectivity index (χ3n) is 4.67. The Morgan fingerprint density at radius 1 is 1.30 bits per heavy atom. The van der Waals surface area contributed by atoms with Crippen LogP contribution in [0.2, 0.25) is 0 Å². The Bertz CT molecular complexity index is 403. The molecule has 110 valence electrons. The van der Waals surface area contributed by atoms with Crippen molar-refractivity contribution >= 4 is 5.82 Å². The van der Waals surface area contributed by atoms with E-state index in [1.165, 1.54) is 19.3 Å². The van der Waals surface area contributed by atoms with E-state index in [2.05, 4.69) is 34.3 Å². The third kappa shape index (κ3) is 3.30. The topological polar surface area (TPSA) is 37.4 Å². The molecule has 1 aromatic rings. The average molecular weight is 275 g/mol. The van der Waals surface area contributed by atoms with Crippen molar-refractivity contribution < 1.29 is 4.74 Å². The van der Waals surface area contributed by atoms with Gasteiger partial charge in [0.15, 0.2) is 0 Å². The van der Waals surface area contributed by atoms with Crippen molar-refractivity contribution in [2.24, 2.45) is 5.92 Å². The van der Waals surface area contributed by atoms with Crippen LogP contribution in [0.4, 0.5) is 5.82 Å². The van der Waals surface area contributed by atoms with Gasteiger partial charge in [0.2, 0.25) is 0 Å². The van der Waals surface area contributed by atoms with Gasteiger partial charge in [-0.25, -0.2) is 4.98 Å². The van der Waals surface area contributed by atoms with E-state index in [4.69, 9.17) is 4.74 Å². The number of nitrogens with zero attached hydrogens (tertiary/aromatic N) is 2. The summed E-state index contributed by atoms with van der Waals surface area (Å²) in [5.74, 6) is 1.81. The molecule has 2 saturated heterocycles. The number of rotatable bonds is 4. The maximum atomic E-state index is 5.62. The Morgan fingerprint density at radius 2 is 2.15 bits per heavy atom. The number of aromatic nitrogens is 1. The second-order valence-corrected chi connectivity index (χ2v) is 5.98. The maximum Gasteiger partial charge on any atom is 0.128 e. The molecular formula is C16H25N3O. The lowest BCUT2D eigenvalue weighted by Crippen LogP contribution is -2.44. The first-order chi connectivity index (χ1) is 9.83. The molecule has 0 spiro atoms. The molecule has 0 saturated carbocycles. The lowest BCUT2D eigenvalue weighted by molar-refractivity contribution is 0.104. The molecule has 4 nitrogen and oxygen atoms in total. The van der Waals surface area contributed by atoms with Gasteiger partial charge in [0, 0.05) is 38.5 Å². The standard InChI is InChI=1S/C16H25N3O/c1-13-14(7-11-20-13)12-18-15-5-9-19(10-6-15)16-4-2-3-8-17-16/h2-4,8,13-15,18H,5-7,9-12H2,1H3. The summed E-state index contributed by atoms with van der Waals surface area (Å²) in [7, 11) is 0. The SMILES string of the molecule is CC1OCCC1CNC1CCN(c2ccccn2)CC1. The van der Waals surface area contributed by atoms with Crippen LogP contribution in [0.1, 0.15) is 26.2 Å². The first kappa shape index (κ1) is 13.8. The van der Waals surface area contributed by atoms with Crippen LogP contribution >= 0.6 is 0 Å². The molecule has 2 unspecified atom stereocenters. The highest BCUT2D eigenvalue weighted by Crippen LogP contribution is 2.21. The minimum atomic E-state index is 0.427. The number of pyridine rings is 1. The van der Waals surface area contributed by atoms with E-state index < -0.39 is 0 Å². The molecule has 0 aromatic carbocycles. The second-order valence-electron chi connectivity index (χ2n) is 5.98. The van der Waals surface area contributed by atoms with E-state index in [9.17, 15) is 0 Å². The zero-order valence-electron chi connectivity index (χ0n) is 12.3. The van der Waals surface area contributed by atoms with Crippen molar-refractivity contribution in [2.75, 3.05) is 31.1 Å². The zero-order valence-corrected chi connectivity index (χ0v) is 12.3. The molecule has 3 heterocycles. The number of nitrogens with one attached hydrogen (secondary N) is 1. The van der Waals surface area contributed by atoms with Crippen molar-refractivity contribution in [1.29, 1.82) is 0 Å². The minimum absolute atomic E-state index is 0.427. The van der Waals surface area contributed by atoms with Crippen molar-refractivity contribution in [3.63, 3.8) is 0 Å². The molecule has 0 bridgehead atoms. The van der Waals surface area contributed by atoms with Crippen molar-refractivity contribution in [3.05, 3.63) is 24.4 Å². The summed E-state index contributed by atoms with van der Waals surface area (Å²) in [4.78, 5) is 6.82. The highest BCUT2D eigenvalue weighted by atomic mass is 16.5. The summed E-state index contributed by atoms with van der Waals surface area (Å²) in [5, 5.41) is 3.74. The van der Waals surface area contributed by atoms with Gasteiger partial charge in [-0.05, 0) is 44.2 Å². The van der Waals surface area contributed by atoms with Gasteiger partial charge in [0.25, 0.3) is 0 Å². The van der Waals surface area contributed by atoms with Gasteiger partial charge in [-0.1, -0.05) is 6.07 Å². The van der Waals surface area contributed by atoms with Crippen LogP contribution in [0, 0.1) is 5.92 Å². The molecule has 2 aliphatic rings. The van der Waals surface area contributed by atoms with Crippen LogP contribution < -0.4 is 10.2 Å². The van der Waals surface area contributed by atoms with Gasteiger partial charge in [0.1, 0.15) is 5.82 Å². The Labute approximate surface area is 121 Å². The second kappa shape index (κ2) is 6.55. The predicted molar refractivity (Wildman–Crippen MR) is 81.0 cm³/mol. The molecule has 2 fully saturated rings. The highest BCUT2D eigenvalue weighted by molar-refractivity contribution is 5.38. The summed E-state index contributed by atoms with van der Waals surface area (Å²) < 4.78 is 5.62. The molecule has 1 aromatic heterocycles. The van der Waals surface area contributed by atoms with Crippen LogP contribution in [0.5, 0.6) is 0 Å². The minimum Gasteiger partial charge on any atom is -0.378 e. The molecule has 3 rings (SSSR count). The number of piperidine rings is 1. The third-order valence-corrected chi connectivity index (χ3v) is 4.67. The molecule has 0 amide bonds. The summed E-state index contributed by atoms with van der Waals surface area (Å²) in [6, 6.07) is 6.80. The molecule has 4 heteroatoms. The predicted octanol–water partition coefficient (Wildman–Crippen LogP) is 2.06. The molecule has 0 radical (unpaired) electrons. The van der Waals surface area contributed by atoms with Crippen LogP contribution in [0.15, 0.2) is 24.4 Å². The van der Waals surface area contributed by atoms with Crippen LogP contribution in [0.3, 0.4) is 0 Å². The Hall–Kier alpha value is -1.13. The van der Waals surface area contributed by atoms with Crippen molar-refractivity contribution in [3.8, 4) is 0 Å². The fraction of sp³-hybridized carbons (Fsp3) is 0.688. The Kier molecular flexibility index (Phi) is 4.53. The van der Waals surface area contributed by atoms with Crippen molar-refractivity contribution in [2.45, 2.75) is 38.3 Å². The summed E-state index contributed by atoms with van der Waals surface area (Å²) in [6.45, 7) is 6.45. The lowest BCUT2D eigenvalue weighted by atomic mass is 10.00. The van der Waals surface area contributed by atoms with E-state index in [0.717, 1.165) is 32.1 Å². The van der Waals surface area contributed by atoms with Crippen molar-refractivity contribution in [1.82, 2.24) is 10.3 Å². The van der Waals surface area contributed by atoms with Gasteiger partial charge in [0.05, 0.1) is 6.10 Å². The summed E-state index contributed by atoms with van der Waals surface area (Å²) >= 11 is 0. The maximum absolute atomic E-state index is 5.62. The van der Waals surface area contributed by atoms with Gasteiger partial charge in [-0.3, -0.25) is 0 Å². The van der Waals surface area contributed by atoms with Gasteiger partial charge in [-0.2, -0.15) is 0 Å². The van der Waals surface area contributed by atoms with E-state index >= 15 is 0 Å². The molecule has 20 heavy (non-hydrogen) atoms. The molecular weight excluding hydrogens is 250 g/mol. The number of hydrogen-bond acceptors (Lipinski definition) is 4. The summed E-state index contributed by atoms with van der Waals surface area (Å²) in [6.07, 6.45) is 5.93. The zero-order chi connectivity index (χ0) is 13.8. The quantitative estimate of drug-likeness (QED) is 0.913. The normalized spacial score (nSPS) is 27.9. The fourth-order valence-electron chi connectivity index (χ4n) is 3.22. The van der Waals surface area contributed by atoms with Gasteiger partial charge in [-0.15, -0.1) is 0 Å². The fourth-order valence-corrected chi connectivity index (χ4v) is 3.22. The monoisotopic (exact) mass is 275 g/mol. The van der Waals surface area contributed by atoms with E-state index in [1.54, 1.807) is 0 Å². The molecule has 2 aliphatic heterocycles. The molecule has 2 atom stereocenters. The smallest absolute Gasteiger partial charge is 0.128 e. The number of hydrogen-bond donors (Lipinski definition) is 1. The average Bonchev–Trinajstić information content (AvgIpc) is 2.92. The highest BCUT2D eigenvalue weighted by Gasteiger charge is 2.26. The van der Waals surface area contributed by atoms with Gasteiger partial charge < -0.3 is 15.0 Å². The Morgan fingerprint density at radius 3 is 2.80 bits per heavy atom. The van der Waals surface area contributed by atoms with E-state index in [1.807, 2.05) is 12.3 Å². The first-order valence-corrected chi connectivity index (χ1v) is 7.84. The number of ether oxygens (including phenoxy) is 1. The van der Waals surface area contributed by atoms with Crippen LogP contribution in [0.25, 0.3) is 0 Å². The van der Waals surface area contributed by atoms with Gasteiger partial charge >= 0.3 is 0 Å². The van der Waals surface area contributed by atoms with Crippen LogP contribution in [-0.2, 0) is 4.74 Å². The first-order valence-electron chi connectivity index (χ1n) is 7.84. The number of anilines is 1. The van der Waals surface area contributed by atoms with Crippen LogP contribution in [-0.4, -0.2) is 43.4 Å². The van der Waals surface area contributed by atoms with E-state index in [-0.39, 0.29) is 0 Å². The molecule has 1 N–H and O–H groups in total.